The number of carbonyl (C=O) groups is 1. The number of hydrogen-bond acceptors (Lipinski definition) is 3. The van der Waals surface area contributed by atoms with Crippen LogP contribution in [0, 0.1) is 5.92 Å². The van der Waals surface area contributed by atoms with Crippen LogP contribution in [0.25, 0.3) is 0 Å². The van der Waals surface area contributed by atoms with Crippen molar-refractivity contribution >= 4 is 5.91 Å². The van der Waals surface area contributed by atoms with Gasteiger partial charge in [-0.15, -0.1) is 0 Å². The second kappa shape index (κ2) is 7.21. The Kier molecular flexibility index (Phi) is 5.51. The van der Waals surface area contributed by atoms with Gasteiger partial charge in [0, 0.05) is 18.5 Å². The fourth-order valence-corrected chi connectivity index (χ4v) is 2.81. The van der Waals surface area contributed by atoms with Crippen molar-refractivity contribution in [1.82, 2.24) is 5.32 Å². The number of rotatable bonds is 4. The molecule has 128 valence electrons. The summed E-state index contributed by atoms with van der Waals surface area (Å²) >= 11 is 0. The summed E-state index contributed by atoms with van der Waals surface area (Å²) in [6.45, 7) is -0.153. The van der Waals surface area contributed by atoms with Crippen LogP contribution in [-0.2, 0) is 17.5 Å². The van der Waals surface area contributed by atoms with E-state index < -0.39 is 11.7 Å². The maximum Gasteiger partial charge on any atom is 0.416 e. The second-order valence-corrected chi connectivity index (χ2v) is 5.85. The van der Waals surface area contributed by atoms with Crippen LogP contribution in [0.5, 0.6) is 5.75 Å². The third kappa shape index (κ3) is 4.60. The largest absolute Gasteiger partial charge is 0.497 e. The fourth-order valence-electron chi connectivity index (χ4n) is 2.81. The third-order valence-corrected chi connectivity index (χ3v) is 4.22. The summed E-state index contributed by atoms with van der Waals surface area (Å²) in [6, 6.07) is 3.85. The Bertz CT molecular complexity index is 553. The van der Waals surface area contributed by atoms with Crippen LogP contribution < -0.4 is 15.8 Å². The number of amides is 1. The average molecular weight is 330 g/mol. The van der Waals surface area contributed by atoms with Crippen molar-refractivity contribution in [3.8, 4) is 5.75 Å². The predicted molar refractivity (Wildman–Crippen MR) is 79.8 cm³/mol. The van der Waals surface area contributed by atoms with E-state index in [4.69, 9.17) is 10.5 Å². The predicted octanol–water partition coefficient (Wildman–Crippen LogP) is 2.85. The lowest BCUT2D eigenvalue weighted by Gasteiger charge is -2.25. The first-order chi connectivity index (χ1) is 10.8. The van der Waals surface area contributed by atoms with E-state index in [2.05, 4.69) is 5.32 Å². The number of nitrogens with one attached hydrogen (secondary N) is 1. The Morgan fingerprint density at radius 3 is 2.52 bits per heavy atom. The number of alkyl halides is 3. The molecule has 1 aliphatic carbocycles. The zero-order chi connectivity index (χ0) is 17.0. The molecule has 23 heavy (non-hydrogen) atoms. The minimum Gasteiger partial charge on any atom is -0.497 e. The Morgan fingerprint density at radius 1 is 1.30 bits per heavy atom. The van der Waals surface area contributed by atoms with Crippen molar-refractivity contribution in [1.29, 1.82) is 0 Å². The minimum absolute atomic E-state index is 0.0270. The minimum atomic E-state index is -4.49. The van der Waals surface area contributed by atoms with Gasteiger partial charge in [0.2, 0.25) is 5.91 Å². The van der Waals surface area contributed by atoms with E-state index >= 15 is 0 Å². The maximum atomic E-state index is 13.1. The first kappa shape index (κ1) is 17.6. The first-order valence-corrected chi connectivity index (χ1v) is 7.58. The highest BCUT2D eigenvalue weighted by atomic mass is 19.4. The molecule has 0 spiro atoms. The molecule has 2 rings (SSSR count). The first-order valence-electron chi connectivity index (χ1n) is 7.58. The standard InChI is InChI=1S/C16H21F3N2O2/c1-23-13-7-4-11(14(8-13)16(17,18)19)9-21-15(22)10-2-5-12(20)6-3-10/h4,7-8,10,12H,2-3,5-6,9,20H2,1H3,(H,21,22). The van der Waals surface area contributed by atoms with Gasteiger partial charge in [-0.25, -0.2) is 0 Å². The van der Waals surface area contributed by atoms with Crippen LogP contribution in [-0.4, -0.2) is 19.1 Å². The number of hydrogen-bond donors (Lipinski definition) is 2. The lowest BCUT2D eigenvalue weighted by molar-refractivity contribution is -0.138. The summed E-state index contributed by atoms with van der Waals surface area (Å²) in [7, 11) is 1.31. The SMILES string of the molecule is COc1ccc(CNC(=O)C2CCC(N)CC2)c(C(F)(F)F)c1. The van der Waals surface area contributed by atoms with E-state index in [-0.39, 0.29) is 35.7 Å². The number of halogens is 3. The quantitative estimate of drug-likeness (QED) is 0.892. The molecule has 7 heteroatoms. The Labute approximate surface area is 133 Å². The van der Waals surface area contributed by atoms with Crippen molar-refractivity contribution < 1.29 is 22.7 Å². The van der Waals surface area contributed by atoms with Gasteiger partial charge in [0.15, 0.2) is 0 Å². The number of nitrogens with two attached hydrogens (primary N) is 1. The van der Waals surface area contributed by atoms with Gasteiger partial charge in [-0.05, 0) is 43.4 Å². The van der Waals surface area contributed by atoms with Crippen LogP contribution in [0.1, 0.15) is 36.8 Å². The van der Waals surface area contributed by atoms with Gasteiger partial charge in [-0.1, -0.05) is 6.07 Å². The Morgan fingerprint density at radius 2 is 1.96 bits per heavy atom. The summed E-state index contributed by atoms with van der Waals surface area (Å²) in [6.07, 6.45) is -1.58. The average Bonchev–Trinajstić information content (AvgIpc) is 2.52. The summed E-state index contributed by atoms with van der Waals surface area (Å²) < 4.78 is 44.2. The molecule has 1 aromatic rings. The monoisotopic (exact) mass is 330 g/mol. The molecule has 0 saturated heterocycles. The van der Waals surface area contributed by atoms with E-state index in [0.29, 0.717) is 12.8 Å². The highest BCUT2D eigenvalue weighted by Gasteiger charge is 2.34. The highest BCUT2D eigenvalue weighted by molar-refractivity contribution is 5.78. The maximum absolute atomic E-state index is 13.1. The molecule has 1 amide bonds. The van der Waals surface area contributed by atoms with Crippen molar-refractivity contribution in [2.24, 2.45) is 11.7 Å². The number of methoxy groups -OCH3 is 1. The van der Waals surface area contributed by atoms with Gasteiger partial charge < -0.3 is 15.8 Å². The van der Waals surface area contributed by atoms with Crippen molar-refractivity contribution in [2.75, 3.05) is 7.11 Å². The van der Waals surface area contributed by atoms with Crippen LogP contribution >= 0.6 is 0 Å². The van der Waals surface area contributed by atoms with Gasteiger partial charge >= 0.3 is 6.18 Å². The lowest BCUT2D eigenvalue weighted by Crippen LogP contribution is -2.36. The van der Waals surface area contributed by atoms with Crippen LogP contribution in [0.3, 0.4) is 0 Å². The molecule has 1 aromatic carbocycles. The number of ether oxygens (including phenoxy) is 1. The van der Waals surface area contributed by atoms with Crippen molar-refractivity contribution in [3.05, 3.63) is 29.3 Å². The van der Waals surface area contributed by atoms with E-state index in [9.17, 15) is 18.0 Å². The molecule has 3 N–H and O–H groups in total. The molecule has 0 bridgehead atoms. The molecule has 1 aliphatic rings. The normalized spacial score (nSPS) is 21.8. The van der Waals surface area contributed by atoms with Crippen molar-refractivity contribution in [3.63, 3.8) is 0 Å². The van der Waals surface area contributed by atoms with Crippen LogP contribution in [0.15, 0.2) is 18.2 Å². The van der Waals surface area contributed by atoms with Crippen LogP contribution in [0.4, 0.5) is 13.2 Å². The van der Waals surface area contributed by atoms with Crippen molar-refractivity contribution in [2.45, 2.75) is 44.4 Å². The van der Waals surface area contributed by atoms with Gasteiger partial charge in [0.1, 0.15) is 5.75 Å². The zero-order valence-electron chi connectivity index (χ0n) is 13.0. The number of benzene rings is 1. The van der Waals surface area contributed by atoms with Gasteiger partial charge in [0.25, 0.3) is 0 Å². The molecule has 0 unspecified atom stereocenters. The molecule has 0 aliphatic heterocycles. The molecule has 0 aromatic heterocycles. The molecular weight excluding hydrogens is 309 g/mol. The van der Waals surface area contributed by atoms with Crippen LogP contribution in [0.2, 0.25) is 0 Å². The van der Waals surface area contributed by atoms with E-state index in [0.717, 1.165) is 18.9 Å². The zero-order valence-corrected chi connectivity index (χ0v) is 13.0. The Hall–Kier alpha value is -1.76. The van der Waals surface area contributed by atoms with E-state index in [1.54, 1.807) is 0 Å². The summed E-state index contributed by atoms with van der Waals surface area (Å²) in [5.41, 5.74) is 5.03. The van der Waals surface area contributed by atoms with Gasteiger partial charge in [-0.2, -0.15) is 13.2 Å². The van der Waals surface area contributed by atoms with Gasteiger partial charge in [-0.3, -0.25) is 4.79 Å². The van der Waals surface area contributed by atoms with E-state index in [1.165, 1.54) is 19.2 Å². The summed E-state index contributed by atoms with van der Waals surface area (Å²) in [5, 5.41) is 2.61. The van der Waals surface area contributed by atoms with Gasteiger partial charge in [0.05, 0.1) is 12.7 Å². The molecule has 0 radical (unpaired) electrons. The molecule has 0 atom stereocenters. The molecule has 1 saturated carbocycles. The molecule has 1 fully saturated rings. The topological polar surface area (TPSA) is 64.3 Å². The summed E-state index contributed by atoms with van der Waals surface area (Å²) in [4.78, 5) is 12.1. The molecule has 0 heterocycles. The third-order valence-electron chi connectivity index (χ3n) is 4.22. The summed E-state index contributed by atoms with van der Waals surface area (Å²) in [5.74, 6) is -0.239. The molecule has 4 nitrogen and oxygen atoms in total. The smallest absolute Gasteiger partial charge is 0.416 e. The Balaban J connectivity index is 2.04. The molecular formula is C16H21F3N2O2. The second-order valence-electron chi connectivity index (χ2n) is 5.85. The highest BCUT2D eigenvalue weighted by Crippen LogP contribution is 2.34. The lowest BCUT2D eigenvalue weighted by atomic mass is 9.86. The fraction of sp³-hybridized carbons (Fsp3) is 0.562. The number of carbonyl (C=O) groups excluding carboxylic acids is 1. The van der Waals surface area contributed by atoms with E-state index in [1.807, 2.05) is 0 Å².